The van der Waals surface area contributed by atoms with Gasteiger partial charge in [0.05, 0.1) is 1.37 Å². The number of hydrogen-bond acceptors (Lipinski definition) is 1. The lowest BCUT2D eigenvalue weighted by atomic mass is 10.2. The Morgan fingerprint density at radius 3 is 2.79 bits per heavy atom. The number of thioether (sulfide) groups is 1. The zero-order chi connectivity index (χ0) is 10.9. The molecule has 1 heteroatoms. The van der Waals surface area contributed by atoms with Crippen molar-refractivity contribution < 1.29 is 1.37 Å². The largest absolute Gasteiger partial charge is 0.126 e. The van der Waals surface area contributed by atoms with E-state index in [1.165, 1.54) is 25.8 Å². The zero-order valence-corrected chi connectivity index (χ0v) is 9.52. The van der Waals surface area contributed by atoms with Gasteiger partial charge < -0.3 is 0 Å². The van der Waals surface area contributed by atoms with Crippen molar-refractivity contribution in [3.05, 3.63) is 42.5 Å². The van der Waals surface area contributed by atoms with Gasteiger partial charge in [0.1, 0.15) is 0 Å². The van der Waals surface area contributed by atoms with Crippen LogP contribution in [0.2, 0.25) is 0 Å². The van der Waals surface area contributed by atoms with E-state index in [1.807, 2.05) is 18.2 Å². The minimum absolute atomic E-state index is 1.08. The molecule has 1 aromatic carbocycles. The predicted molar refractivity (Wildman–Crippen MR) is 67.5 cm³/mol. The second-order valence-electron chi connectivity index (χ2n) is 3.29. The maximum atomic E-state index is 7.39. The van der Waals surface area contributed by atoms with Crippen LogP contribution in [0, 0.1) is 0 Å². The van der Waals surface area contributed by atoms with Crippen molar-refractivity contribution in [1.82, 2.24) is 0 Å². The molecular formula is C13H18S. The van der Waals surface area contributed by atoms with Crippen LogP contribution in [-0.4, -0.2) is 5.75 Å². The fourth-order valence-corrected chi connectivity index (χ4v) is 2.09. The van der Waals surface area contributed by atoms with E-state index in [0.717, 1.165) is 16.2 Å². The van der Waals surface area contributed by atoms with Crippen LogP contribution in [0.15, 0.2) is 36.9 Å². The lowest BCUT2D eigenvalue weighted by molar-refractivity contribution is 0.779. The summed E-state index contributed by atoms with van der Waals surface area (Å²) >= 11 is 1.79. The van der Waals surface area contributed by atoms with Crippen molar-refractivity contribution in [1.29, 1.82) is 0 Å². The summed E-state index contributed by atoms with van der Waals surface area (Å²) in [5.74, 6) is 1.12. The SMILES string of the molecule is [2H]/C=C(/SCCCCC)c1ccccc1. The van der Waals surface area contributed by atoms with Crippen molar-refractivity contribution in [2.24, 2.45) is 0 Å². The number of benzene rings is 1. The summed E-state index contributed by atoms with van der Waals surface area (Å²) in [6.07, 6.45) is 3.78. The second kappa shape index (κ2) is 6.72. The Balaban J connectivity index is 2.44. The van der Waals surface area contributed by atoms with Crippen LogP contribution < -0.4 is 0 Å². The molecule has 0 radical (unpaired) electrons. The highest BCUT2D eigenvalue weighted by molar-refractivity contribution is 8.08. The molecule has 1 rings (SSSR count). The molecule has 0 nitrogen and oxygen atoms in total. The van der Waals surface area contributed by atoms with Crippen molar-refractivity contribution in [3.8, 4) is 0 Å². The minimum Gasteiger partial charge on any atom is -0.126 e. The van der Waals surface area contributed by atoms with Gasteiger partial charge in [-0.05, 0) is 17.7 Å². The average molecular weight is 207 g/mol. The third-order valence-corrected chi connectivity index (χ3v) is 3.10. The molecular weight excluding hydrogens is 188 g/mol. The lowest BCUT2D eigenvalue weighted by Crippen LogP contribution is -1.82. The lowest BCUT2D eigenvalue weighted by Gasteiger charge is -2.04. The molecule has 0 atom stereocenters. The van der Waals surface area contributed by atoms with Crippen molar-refractivity contribution in [2.75, 3.05) is 5.75 Å². The summed E-state index contributed by atoms with van der Waals surface area (Å²) < 4.78 is 7.39. The van der Waals surface area contributed by atoms with Crippen LogP contribution in [0.3, 0.4) is 0 Å². The van der Waals surface area contributed by atoms with Crippen LogP contribution in [0.5, 0.6) is 0 Å². The standard InChI is InChI=1S/C13H18S/c1-3-4-8-11-14-12(2)13-9-6-5-7-10-13/h5-7,9-10H,2-4,8,11H2,1H3/i2D/b12-2+. The smallest absolute Gasteiger partial charge is 0.0550 e. The Kier molecular flexibility index (Phi) is 4.73. The van der Waals surface area contributed by atoms with Crippen molar-refractivity contribution >= 4 is 16.7 Å². The molecule has 0 heterocycles. The van der Waals surface area contributed by atoms with E-state index >= 15 is 0 Å². The zero-order valence-electron chi connectivity index (χ0n) is 9.70. The third-order valence-electron chi connectivity index (χ3n) is 2.06. The summed E-state index contributed by atoms with van der Waals surface area (Å²) in [6, 6.07) is 10.2. The topological polar surface area (TPSA) is 0 Å². The molecule has 0 fully saturated rings. The first-order valence-corrected chi connectivity index (χ1v) is 6.13. The van der Waals surface area contributed by atoms with E-state index in [9.17, 15) is 0 Å². The van der Waals surface area contributed by atoms with E-state index in [4.69, 9.17) is 1.37 Å². The number of hydrogen-bond donors (Lipinski definition) is 0. The van der Waals surface area contributed by atoms with Crippen LogP contribution >= 0.6 is 11.8 Å². The average Bonchev–Trinajstić information content (AvgIpc) is 2.30. The Morgan fingerprint density at radius 1 is 1.36 bits per heavy atom. The fraction of sp³-hybridized carbons (Fsp3) is 0.385. The molecule has 1 aromatic rings. The van der Waals surface area contributed by atoms with Gasteiger partial charge in [-0.2, -0.15) is 0 Å². The molecule has 0 aliphatic heterocycles. The predicted octanol–water partition coefficient (Wildman–Crippen LogP) is 4.58. The van der Waals surface area contributed by atoms with E-state index in [-0.39, 0.29) is 0 Å². The molecule has 0 aliphatic carbocycles. The molecule has 0 aromatic heterocycles. The van der Waals surface area contributed by atoms with E-state index in [1.54, 1.807) is 11.8 Å². The second-order valence-corrected chi connectivity index (χ2v) is 4.42. The normalized spacial score (nSPS) is 12.6. The van der Waals surface area contributed by atoms with E-state index in [0.29, 0.717) is 0 Å². The highest BCUT2D eigenvalue weighted by Crippen LogP contribution is 2.25. The van der Waals surface area contributed by atoms with Crippen LogP contribution in [0.1, 0.15) is 33.1 Å². The first kappa shape index (κ1) is 9.85. The van der Waals surface area contributed by atoms with Gasteiger partial charge in [0.15, 0.2) is 0 Å². The molecule has 0 N–H and O–H groups in total. The third kappa shape index (κ3) is 4.01. The van der Waals surface area contributed by atoms with Gasteiger partial charge in [0, 0.05) is 4.91 Å². The van der Waals surface area contributed by atoms with Gasteiger partial charge in [0.25, 0.3) is 0 Å². The van der Waals surface area contributed by atoms with Gasteiger partial charge >= 0.3 is 0 Å². The monoisotopic (exact) mass is 207 g/mol. The summed E-state index contributed by atoms with van der Waals surface area (Å²) in [7, 11) is 0. The number of rotatable bonds is 6. The minimum atomic E-state index is 1.08. The Morgan fingerprint density at radius 2 is 2.14 bits per heavy atom. The molecule has 0 amide bonds. The first-order chi connectivity index (χ1) is 7.38. The van der Waals surface area contributed by atoms with Crippen LogP contribution in [0.25, 0.3) is 4.91 Å². The van der Waals surface area contributed by atoms with Gasteiger partial charge in [-0.25, -0.2) is 0 Å². The number of unbranched alkanes of at least 4 members (excludes halogenated alkanes) is 2. The summed E-state index contributed by atoms with van der Waals surface area (Å²) in [6.45, 7) is 3.68. The highest BCUT2D eigenvalue weighted by atomic mass is 32.2. The molecule has 76 valence electrons. The van der Waals surface area contributed by atoms with Crippen LogP contribution in [0.4, 0.5) is 0 Å². The Bertz CT molecular complexity index is 293. The highest BCUT2D eigenvalue weighted by Gasteiger charge is 1.97. The molecule has 0 saturated heterocycles. The molecule has 0 aliphatic rings. The van der Waals surface area contributed by atoms with Crippen molar-refractivity contribution in [3.63, 3.8) is 0 Å². The van der Waals surface area contributed by atoms with Crippen LogP contribution in [-0.2, 0) is 0 Å². The first-order valence-electron chi connectivity index (χ1n) is 5.73. The van der Waals surface area contributed by atoms with Gasteiger partial charge in [-0.3, -0.25) is 0 Å². The van der Waals surface area contributed by atoms with Gasteiger partial charge in [-0.1, -0.05) is 56.7 Å². The maximum Gasteiger partial charge on any atom is 0.0550 e. The Hall–Kier alpha value is -0.690. The molecule has 0 saturated carbocycles. The summed E-state index contributed by atoms with van der Waals surface area (Å²) in [5, 5.41) is 0. The fourth-order valence-electron chi connectivity index (χ4n) is 1.22. The molecule has 0 bridgehead atoms. The van der Waals surface area contributed by atoms with E-state index in [2.05, 4.69) is 19.1 Å². The molecule has 0 unspecified atom stereocenters. The van der Waals surface area contributed by atoms with E-state index < -0.39 is 0 Å². The maximum absolute atomic E-state index is 7.39. The quantitative estimate of drug-likeness (QED) is 0.615. The molecule has 14 heavy (non-hydrogen) atoms. The van der Waals surface area contributed by atoms with Crippen molar-refractivity contribution in [2.45, 2.75) is 26.2 Å². The van der Waals surface area contributed by atoms with Gasteiger partial charge in [0.2, 0.25) is 0 Å². The Labute approximate surface area is 92.8 Å². The molecule has 0 spiro atoms. The van der Waals surface area contributed by atoms with Gasteiger partial charge in [-0.15, -0.1) is 11.8 Å². The summed E-state index contributed by atoms with van der Waals surface area (Å²) in [5.41, 5.74) is 1.16. The summed E-state index contributed by atoms with van der Waals surface area (Å²) in [4.78, 5) is 1.08.